The highest BCUT2D eigenvalue weighted by Gasteiger charge is 2.17. The monoisotopic (exact) mass is 201 g/mol. The molecule has 0 aromatic heterocycles. The van der Waals surface area contributed by atoms with Crippen LogP contribution in [0, 0.1) is 5.92 Å². The van der Waals surface area contributed by atoms with Crippen LogP contribution in [0.25, 0.3) is 0 Å². The summed E-state index contributed by atoms with van der Waals surface area (Å²) in [5.74, 6) is 0.881. The molecule has 0 bridgehead atoms. The van der Waals surface area contributed by atoms with Crippen molar-refractivity contribution in [3.63, 3.8) is 0 Å². The van der Waals surface area contributed by atoms with Crippen LogP contribution in [-0.4, -0.2) is 23.1 Å². The summed E-state index contributed by atoms with van der Waals surface area (Å²) in [6.07, 6.45) is 2.29. The van der Waals surface area contributed by atoms with Crippen LogP contribution >= 0.6 is 0 Å². The number of hydrogen-bond donors (Lipinski definition) is 3. The standard InChI is InChI=1S/C10H23N3O/c1-5-9(6-2)7(3)12-8(4)10(11)13-14/h7-9,12,14H,5-6H2,1-4H3,(H2,11,13). The number of oxime groups is 1. The molecule has 0 radical (unpaired) electrons. The minimum Gasteiger partial charge on any atom is -0.409 e. The summed E-state index contributed by atoms with van der Waals surface area (Å²) >= 11 is 0. The van der Waals surface area contributed by atoms with Crippen LogP contribution in [0.1, 0.15) is 40.5 Å². The van der Waals surface area contributed by atoms with Gasteiger partial charge in [-0.05, 0) is 19.8 Å². The van der Waals surface area contributed by atoms with Crippen molar-refractivity contribution >= 4 is 5.84 Å². The third kappa shape index (κ3) is 3.96. The number of nitrogens with zero attached hydrogens (tertiary/aromatic N) is 1. The van der Waals surface area contributed by atoms with Crippen LogP contribution in [0.2, 0.25) is 0 Å². The van der Waals surface area contributed by atoms with Gasteiger partial charge in [-0.15, -0.1) is 0 Å². The Labute approximate surface area is 86.6 Å². The highest BCUT2D eigenvalue weighted by molar-refractivity contribution is 5.84. The van der Waals surface area contributed by atoms with Gasteiger partial charge in [0.15, 0.2) is 5.84 Å². The molecule has 4 heteroatoms. The molecule has 0 saturated heterocycles. The molecule has 4 nitrogen and oxygen atoms in total. The van der Waals surface area contributed by atoms with Gasteiger partial charge in [0.05, 0.1) is 6.04 Å². The van der Waals surface area contributed by atoms with Gasteiger partial charge >= 0.3 is 0 Å². The molecule has 0 saturated carbocycles. The second kappa shape index (κ2) is 6.65. The quantitative estimate of drug-likeness (QED) is 0.264. The summed E-state index contributed by atoms with van der Waals surface area (Å²) in [5.41, 5.74) is 5.49. The molecule has 0 aromatic carbocycles. The lowest BCUT2D eigenvalue weighted by Gasteiger charge is -2.25. The Morgan fingerprint density at radius 2 is 1.86 bits per heavy atom. The first-order valence-electron chi connectivity index (χ1n) is 5.30. The predicted molar refractivity (Wildman–Crippen MR) is 59.5 cm³/mol. The number of nitrogens with one attached hydrogen (secondary N) is 1. The molecule has 0 fully saturated rings. The predicted octanol–water partition coefficient (Wildman–Crippen LogP) is 1.54. The molecule has 0 aliphatic carbocycles. The van der Waals surface area contributed by atoms with Gasteiger partial charge in [0.2, 0.25) is 0 Å². The minimum absolute atomic E-state index is 0.0735. The molecule has 0 amide bonds. The maximum absolute atomic E-state index is 8.49. The Balaban J connectivity index is 4.10. The first-order chi connectivity index (χ1) is 6.56. The Morgan fingerprint density at radius 3 is 2.21 bits per heavy atom. The fraction of sp³-hybridized carbons (Fsp3) is 0.900. The van der Waals surface area contributed by atoms with Crippen molar-refractivity contribution in [1.82, 2.24) is 5.32 Å². The van der Waals surface area contributed by atoms with Crippen LogP contribution in [0.15, 0.2) is 5.16 Å². The number of rotatable bonds is 6. The second-order valence-electron chi connectivity index (χ2n) is 3.78. The number of nitrogens with two attached hydrogens (primary N) is 1. The zero-order valence-electron chi connectivity index (χ0n) is 9.62. The zero-order chi connectivity index (χ0) is 11.1. The molecule has 0 spiro atoms. The summed E-state index contributed by atoms with van der Waals surface area (Å²) in [7, 11) is 0. The van der Waals surface area contributed by atoms with Crippen molar-refractivity contribution in [3.8, 4) is 0 Å². The third-order valence-electron chi connectivity index (χ3n) is 2.83. The molecule has 0 rings (SSSR count). The van der Waals surface area contributed by atoms with Gasteiger partial charge in [-0.1, -0.05) is 31.8 Å². The van der Waals surface area contributed by atoms with Crippen LogP contribution < -0.4 is 11.1 Å². The van der Waals surface area contributed by atoms with E-state index >= 15 is 0 Å². The molecule has 14 heavy (non-hydrogen) atoms. The third-order valence-corrected chi connectivity index (χ3v) is 2.83. The van der Waals surface area contributed by atoms with E-state index in [9.17, 15) is 0 Å². The van der Waals surface area contributed by atoms with E-state index in [1.165, 1.54) is 0 Å². The minimum atomic E-state index is -0.0735. The SMILES string of the molecule is CCC(CC)C(C)NC(C)C(N)=NO. The van der Waals surface area contributed by atoms with Crippen molar-refractivity contribution in [1.29, 1.82) is 0 Å². The topological polar surface area (TPSA) is 70.6 Å². The Morgan fingerprint density at radius 1 is 1.36 bits per heavy atom. The molecule has 2 atom stereocenters. The summed E-state index contributed by atoms with van der Waals surface area (Å²) in [4.78, 5) is 0. The lowest BCUT2D eigenvalue weighted by Crippen LogP contribution is -2.46. The average Bonchev–Trinajstić information content (AvgIpc) is 2.18. The lowest BCUT2D eigenvalue weighted by molar-refractivity contribution is 0.309. The van der Waals surface area contributed by atoms with Gasteiger partial charge in [0, 0.05) is 6.04 Å². The Hall–Kier alpha value is -0.770. The fourth-order valence-corrected chi connectivity index (χ4v) is 1.70. The van der Waals surface area contributed by atoms with Crippen LogP contribution in [-0.2, 0) is 0 Å². The number of hydrogen-bond acceptors (Lipinski definition) is 3. The van der Waals surface area contributed by atoms with Gasteiger partial charge in [-0.2, -0.15) is 0 Å². The van der Waals surface area contributed by atoms with E-state index in [4.69, 9.17) is 10.9 Å². The molecule has 0 aliphatic heterocycles. The van der Waals surface area contributed by atoms with E-state index in [-0.39, 0.29) is 11.9 Å². The first-order valence-corrected chi connectivity index (χ1v) is 5.30. The van der Waals surface area contributed by atoms with E-state index in [1.54, 1.807) is 0 Å². The van der Waals surface area contributed by atoms with E-state index in [0.717, 1.165) is 12.8 Å². The highest BCUT2D eigenvalue weighted by Crippen LogP contribution is 2.12. The Bertz CT molecular complexity index is 178. The van der Waals surface area contributed by atoms with Crippen molar-refractivity contribution < 1.29 is 5.21 Å². The molecule has 4 N–H and O–H groups in total. The van der Waals surface area contributed by atoms with Gasteiger partial charge in [-0.3, -0.25) is 0 Å². The van der Waals surface area contributed by atoms with Crippen molar-refractivity contribution in [2.75, 3.05) is 0 Å². The van der Waals surface area contributed by atoms with Crippen LogP contribution in [0.5, 0.6) is 0 Å². The molecule has 84 valence electrons. The first kappa shape index (κ1) is 13.2. The highest BCUT2D eigenvalue weighted by atomic mass is 16.4. The van der Waals surface area contributed by atoms with E-state index in [1.807, 2.05) is 6.92 Å². The molecular formula is C10H23N3O. The summed E-state index contributed by atoms with van der Waals surface area (Å²) in [6.45, 7) is 8.40. The van der Waals surface area contributed by atoms with E-state index in [0.29, 0.717) is 12.0 Å². The number of amidine groups is 1. The molecule has 0 aliphatic rings. The Kier molecular flexibility index (Phi) is 6.28. The fourth-order valence-electron chi connectivity index (χ4n) is 1.70. The van der Waals surface area contributed by atoms with Crippen LogP contribution in [0.4, 0.5) is 0 Å². The zero-order valence-corrected chi connectivity index (χ0v) is 9.62. The van der Waals surface area contributed by atoms with Gasteiger partial charge < -0.3 is 16.3 Å². The summed E-state index contributed by atoms with van der Waals surface area (Å²) in [5, 5.41) is 14.8. The smallest absolute Gasteiger partial charge is 0.156 e. The molecule has 2 unspecified atom stereocenters. The largest absolute Gasteiger partial charge is 0.409 e. The molecular weight excluding hydrogens is 178 g/mol. The van der Waals surface area contributed by atoms with Crippen molar-refractivity contribution in [2.24, 2.45) is 16.8 Å². The van der Waals surface area contributed by atoms with E-state index in [2.05, 4.69) is 31.2 Å². The normalized spacial score (nSPS) is 17.1. The lowest BCUT2D eigenvalue weighted by atomic mass is 9.95. The van der Waals surface area contributed by atoms with Gasteiger partial charge in [0.1, 0.15) is 0 Å². The van der Waals surface area contributed by atoms with Crippen LogP contribution in [0.3, 0.4) is 0 Å². The van der Waals surface area contributed by atoms with Gasteiger partial charge in [-0.25, -0.2) is 0 Å². The molecule has 0 heterocycles. The van der Waals surface area contributed by atoms with Crippen molar-refractivity contribution in [2.45, 2.75) is 52.6 Å². The second-order valence-corrected chi connectivity index (χ2v) is 3.78. The summed E-state index contributed by atoms with van der Waals surface area (Å²) < 4.78 is 0. The molecule has 0 aromatic rings. The summed E-state index contributed by atoms with van der Waals surface area (Å²) in [6, 6.07) is 0.316. The van der Waals surface area contributed by atoms with Gasteiger partial charge in [0.25, 0.3) is 0 Å². The van der Waals surface area contributed by atoms with Crippen molar-refractivity contribution in [3.05, 3.63) is 0 Å². The maximum Gasteiger partial charge on any atom is 0.156 e. The van der Waals surface area contributed by atoms with E-state index < -0.39 is 0 Å². The average molecular weight is 201 g/mol. The maximum atomic E-state index is 8.49.